The highest BCUT2D eigenvalue weighted by molar-refractivity contribution is 5.83. The largest absolute Gasteiger partial charge is 0.486 e. The van der Waals surface area contributed by atoms with Crippen molar-refractivity contribution >= 4 is 16.9 Å². The van der Waals surface area contributed by atoms with Gasteiger partial charge in [-0.25, -0.2) is 4.79 Å². The van der Waals surface area contributed by atoms with Crippen LogP contribution in [-0.4, -0.2) is 48.3 Å². The molecule has 2 N–H and O–H groups in total. The van der Waals surface area contributed by atoms with Crippen molar-refractivity contribution in [3.8, 4) is 11.5 Å². The number of hydrogen-bond acceptors (Lipinski definition) is 3. The Balaban J connectivity index is 1.30. The number of H-pyrrole nitrogens is 1. The molecule has 1 aliphatic rings. The predicted molar refractivity (Wildman–Crippen MR) is 109 cm³/mol. The van der Waals surface area contributed by atoms with E-state index in [0.29, 0.717) is 26.2 Å². The summed E-state index contributed by atoms with van der Waals surface area (Å²) in [7, 11) is 0. The van der Waals surface area contributed by atoms with Gasteiger partial charge in [-0.3, -0.25) is 0 Å². The fraction of sp³-hybridized carbons (Fsp3) is 0.318. The number of nitrogens with zero attached hydrogens (tertiary/aromatic N) is 1. The van der Waals surface area contributed by atoms with Crippen LogP contribution in [0.1, 0.15) is 12.5 Å². The van der Waals surface area contributed by atoms with Crippen LogP contribution in [0.15, 0.2) is 54.7 Å². The third-order valence-corrected chi connectivity index (χ3v) is 5.02. The van der Waals surface area contributed by atoms with Crippen LogP contribution in [-0.2, 0) is 6.42 Å². The molecule has 1 aromatic heterocycles. The van der Waals surface area contributed by atoms with E-state index in [4.69, 9.17) is 9.47 Å². The van der Waals surface area contributed by atoms with E-state index in [-0.39, 0.29) is 12.1 Å². The highest BCUT2D eigenvalue weighted by Crippen LogP contribution is 2.31. The summed E-state index contributed by atoms with van der Waals surface area (Å²) in [6.45, 7) is 4.10. The summed E-state index contributed by atoms with van der Waals surface area (Å²) in [6, 6.07) is 15.8. The van der Waals surface area contributed by atoms with Crippen molar-refractivity contribution in [2.45, 2.75) is 19.4 Å². The molecule has 2 amide bonds. The molecule has 2 heterocycles. The van der Waals surface area contributed by atoms with Gasteiger partial charge in [-0.15, -0.1) is 0 Å². The van der Waals surface area contributed by atoms with Crippen LogP contribution in [0.4, 0.5) is 4.79 Å². The molecule has 2 aromatic carbocycles. The summed E-state index contributed by atoms with van der Waals surface area (Å²) in [6.07, 6.45) is 2.56. The fourth-order valence-electron chi connectivity index (χ4n) is 3.54. The van der Waals surface area contributed by atoms with Crippen LogP contribution in [0, 0.1) is 0 Å². The Morgan fingerprint density at radius 2 is 2.04 bits per heavy atom. The topological polar surface area (TPSA) is 66.6 Å². The molecule has 0 radical (unpaired) electrons. The standard InChI is InChI=1S/C22H25N3O3/c1-2-25(14-17-15-27-20-8-3-4-9-21(20)28-17)22(26)24-12-10-16-6-5-7-19-18(16)11-13-23-19/h3-9,11,13,17,23H,2,10,12,14-15H2,1H3,(H,24,26). The number of ether oxygens (including phenoxy) is 2. The normalized spacial score (nSPS) is 15.4. The fourth-order valence-corrected chi connectivity index (χ4v) is 3.54. The van der Waals surface area contributed by atoms with Crippen molar-refractivity contribution in [2.75, 3.05) is 26.2 Å². The van der Waals surface area contributed by atoms with Crippen LogP contribution in [0.3, 0.4) is 0 Å². The Labute approximate surface area is 164 Å². The lowest BCUT2D eigenvalue weighted by atomic mass is 10.1. The molecule has 0 bridgehead atoms. The number of likely N-dealkylation sites (N-methyl/N-ethyl adjacent to an activating group) is 1. The van der Waals surface area contributed by atoms with Gasteiger partial charge >= 0.3 is 6.03 Å². The summed E-state index contributed by atoms with van der Waals surface area (Å²) >= 11 is 0. The first-order chi connectivity index (χ1) is 13.7. The van der Waals surface area contributed by atoms with Crippen LogP contribution in [0.2, 0.25) is 0 Å². The first kappa shape index (κ1) is 18.2. The number of aromatic amines is 1. The number of benzene rings is 2. The third-order valence-electron chi connectivity index (χ3n) is 5.02. The second kappa shape index (κ2) is 8.25. The van der Waals surface area contributed by atoms with Crippen LogP contribution >= 0.6 is 0 Å². The number of nitrogens with one attached hydrogen (secondary N) is 2. The molecule has 6 nitrogen and oxygen atoms in total. The zero-order chi connectivity index (χ0) is 19.3. The number of aromatic nitrogens is 1. The maximum Gasteiger partial charge on any atom is 0.317 e. The molecule has 146 valence electrons. The number of hydrogen-bond donors (Lipinski definition) is 2. The molecule has 0 spiro atoms. The Bertz CT molecular complexity index is 953. The lowest BCUT2D eigenvalue weighted by Gasteiger charge is -2.31. The van der Waals surface area contributed by atoms with Gasteiger partial charge in [0.15, 0.2) is 17.6 Å². The maximum atomic E-state index is 12.6. The predicted octanol–water partition coefficient (Wildman–Crippen LogP) is 3.58. The Kier molecular flexibility index (Phi) is 5.37. The van der Waals surface area contributed by atoms with Gasteiger partial charge in [0.2, 0.25) is 0 Å². The molecule has 0 aliphatic carbocycles. The van der Waals surface area contributed by atoms with Crippen LogP contribution < -0.4 is 14.8 Å². The minimum Gasteiger partial charge on any atom is -0.486 e. The van der Waals surface area contributed by atoms with Gasteiger partial charge in [-0.1, -0.05) is 24.3 Å². The molecule has 1 unspecified atom stereocenters. The Hall–Kier alpha value is -3.15. The third kappa shape index (κ3) is 3.91. The number of carbonyl (C=O) groups is 1. The van der Waals surface area contributed by atoms with Gasteiger partial charge in [-0.05, 0) is 43.2 Å². The van der Waals surface area contributed by atoms with Gasteiger partial charge in [0, 0.05) is 30.2 Å². The van der Waals surface area contributed by atoms with Crippen molar-refractivity contribution < 1.29 is 14.3 Å². The summed E-state index contributed by atoms with van der Waals surface area (Å²) in [5.74, 6) is 1.49. The first-order valence-electron chi connectivity index (χ1n) is 9.71. The van der Waals surface area contributed by atoms with Crippen molar-refractivity contribution in [2.24, 2.45) is 0 Å². The molecule has 1 atom stereocenters. The number of carbonyl (C=O) groups excluding carboxylic acids is 1. The number of amides is 2. The van der Waals surface area contributed by atoms with Crippen molar-refractivity contribution in [1.82, 2.24) is 15.2 Å². The lowest BCUT2D eigenvalue weighted by Crippen LogP contribution is -2.47. The second-order valence-corrected chi connectivity index (χ2v) is 6.87. The zero-order valence-electron chi connectivity index (χ0n) is 16.0. The summed E-state index contributed by atoms with van der Waals surface area (Å²) in [5, 5.41) is 4.23. The van der Waals surface area contributed by atoms with E-state index in [9.17, 15) is 4.79 Å². The van der Waals surface area contributed by atoms with Gasteiger partial charge in [0.1, 0.15) is 6.61 Å². The second-order valence-electron chi connectivity index (χ2n) is 6.87. The highest BCUT2D eigenvalue weighted by atomic mass is 16.6. The van der Waals surface area contributed by atoms with E-state index in [2.05, 4.69) is 28.5 Å². The summed E-state index contributed by atoms with van der Waals surface area (Å²) in [4.78, 5) is 17.6. The highest BCUT2D eigenvalue weighted by Gasteiger charge is 2.24. The van der Waals surface area contributed by atoms with Crippen molar-refractivity contribution in [3.05, 3.63) is 60.3 Å². The van der Waals surface area contributed by atoms with Crippen molar-refractivity contribution in [1.29, 1.82) is 0 Å². The van der Waals surface area contributed by atoms with Crippen LogP contribution in [0.5, 0.6) is 11.5 Å². The number of urea groups is 1. The first-order valence-corrected chi connectivity index (χ1v) is 9.71. The van der Waals surface area contributed by atoms with E-state index < -0.39 is 0 Å². The van der Waals surface area contributed by atoms with Gasteiger partial charge < -0.3 is 24.7 Å². The van der Waals surface area contributed by atoms with E-state index in [1.165, 1.54) is 10.9 Å². The molecular formula is C22H25N3O3. The number of rotatable bonds is 6. The van der Waals surface area contributed by atoms with E-state index in [1.54, 1.807) is 4.90 Å². The molecule has 4 rings (SSSR count). The van der Waals surface area contributed by atoms with Gasteiger partial charge in [0.05, 0.1) is 6.54 Å². The Morgan fingerprint density at radius 3 is 2.89 bits per heavy atom. The zero-order valence-corrected chi connectivity index (χ0v) is 16.0. The monoisotopic (exact) mass is 379 g/mol. The smallest absolute Gasteiger partial charge is 0.317 e. The molecule has 0 saturated carbocycles. The maximum absolute atomic E-state index is 12.6. The average molecular weight is 379 g/mol. The molecule has 3 aromatic rings. The number of fused-ring (bicyclic) bond motifs is 2. The van der Waals surface area contributed by atoms with Crippen LogP contribution in [0.25, 0.3) is 10.9 Å². The SMILES string of the molecule is CCN(CC1COc2ccccc2O1)C(=O)NCCc1cccc2[nH]ccc12. The molecule has 0 saturated heterocycles. The average Bonchev–Trinajstić information content (AvgIpc) is 3.21. The summed E-state index contributed by atoms with van der Waals surface area (Å²) in [5.41, 5.74) is 2.34. The number of para-hydroxylation sites is 2. The molecule has 1 aliphatic heterocycles. The van der Waals surface area contributed by atoms with E-state index >= 15 is 0 Å². The minimum absolute atomic E-state index is 0.0776. The Morgan fingerprint density at radius 1 is 1.18 bits per heavy atom. The lowest BCUT2D eigenvalue weighted by molar-refractivity contribution is 0.0676. The van der Waals surface area contributed by atoms with Crippen molar-refractivity contribution in [3.63, 3.8) is 0 Å². The minimum atomic E-state index is -0.172. The van der Waals surface area contributed by atoms with Gasteiger partial charge in [0.25, 0.3) is 0 Å². The molecule has 28 heavy (non-hydrogen) atoms. The molecule has 0 fully saturated rings. The molecule has 6 heteroatoms. The molecular weight excluding hydrogens is 354 g/mol. The van der Waals surface area contributed by atoms with E-state index in [0.717, 1.165) is 23.4 Å². The quantitative estimate of drug-likeness (QED) is 0.688. The van der Waals surface area contributed by atoms with E-state index in [1.807, 2.05) is 43.5 Å². The van der Waals surface area contributed by atoms with Gasteiger partial charge in [-0.2, -0.15) is 0 Å². The summed E-state index contributed by atoms with van der Waals surface area (Å²) < 4.78 is 11.7.